The number of nitrogens with zero attached hydrogens (tertiary/aromatic N) is 2. The Hall–Kier alpha value is -4.22. The van der Waals surface area contributed by atoms with Gasteiger partial charge in [-0.05, 0) is 60.9 Å². The van der Waals surface area contributed by atoms with Gasteiger partial charge in [-0.3, -0.25) is 9.59 Å². The van der Waals surface area contributed by atoms with Crippen molar-refractivity contribution in [3.63, 3.8) is 0 Å². The van der Waals surface area contributed by atoms with E-state index in [1.807, 2.05) is 0 Å². The molecule has 2 heterocycles. The molecular formula is C29H23ClFN3O4. The average molecular weight is 532 g/mol. The van der Waals surface area contributed by atoms with Crippen LogP contribution >= 0.6 is 11.6 Å². The van der Waals surface area contributed by atoms with Crippen LogP contribution in [0.15, 0.2) is 52.9 Å². The summed E-state index contributed by atoms with van der Waals surface area (Å²) < 4.78 is 24.9. The number of nitriles is 1. The smallest absolute Gasteiger partial charge is 0.255 e. The molecule has 1 aliphatic rings. The summed E-state index contributed by atoms with van der Waals surface area (Å²) in [5.74, 6) is -0.399. The fraction of sp³-hybridized carbons (Fsp3) is 0.241. The van der Waals surface area contributed by atoms with Gasteiger partial charge in [-0.1, -0.05) is 24.1 Å². The van der Waals surface area contributed by atoms with Crippen molar-refractivity contribution in [2.75, 3.05) is 14.2 Å². The molecule has 9 heteroatoms. The predicted molar refractivity (Wildman–Crippen MR) is 141 cm³/mol. The molecule has 4 aromatic rings. The molecule has 0 saturated heterocycles. The Morgan fingerprint density at radius 1 is 1.18 bits per heavy atom. The number of hydrogen-bond donors (Lipinski definition) is 1. The molecule has 192 valence electrons. The summed E-state index contributed by atoms with van der Waals surface area (Å²) >= 11 is 6.57. The third-order valence-corrected chi connectivity index (χ3v) is 7.34. The lowest BCUT2D eigenvalue weighted by molar-refractivity contribution is 0.0877. The largest absolute Gasteiger partial charge is 0.496 e. The lowest BCUT2D eigenvalue weighted by atomic mass is 9.66. The molecule has 1 fully saturated rings. The number of ketones is 1. The van der Waals surface area contributed by atoms with E-state index in [0.29, 0.717) is 46.2 Å². The molecule has 2 aromatic carbocycles. The van der Waals surface area contributed by atoms with E-state index < -0.39 is 17.1 Å². The number of benzene rings is 2. The van der Waals surface area contributed by atoms with Crippen molar-refractivity contribution in [2.24, 2.45) is 5.41 Å². The number of fused-ring (bicyclic) bond motifs is 1. The van der Waals surface area contributed by atoms with E-state index in [0.717, 1.165) is 6.42 Å². The minimum Gasteiger partial charge on any atom is -0.496 e. The number of pyridine rings is 1. The van der Waals surface area contributed by atoms with Crippen LogP contribution in [0.2, 0.25) is 5.15 Å². The molecular weight excluding hydrogens is 509 g/mol. The van der Waals surface area contributed by atoms with Gasteiger partial charge in [0, 0.05) is 24.6 Å². The van der Waals surface area contributed by atoms with Gasteiger partial charge in [-0.15, -0.1) is 0 Å². The highest BCUT2D eigenvalue weighted by atomic mass is 35.5. The minimum atomic E-state index is -0.633. The highest BCUT2D eigenvalue weighted by Crippen LogP contribution is 2.45. The summed E-state index contributed by atoms with van der Waals surface area (Å²) in [7, 11) is 2.98. The molecule has 1 N–H and O–H groups in total. The van der Waals surface area contributed by atoms with Crippen LogP contribution in [0.1, 0.15) is 46.4 Å². The zero-order valence-corrected chi connectivity index (χ0v) is 21.5. The Labute approximate surface area is 223 Å². The maximum Gasteiger partial charge on any atom is 0.255 e. The summed E-state index contributed by atoms with van der Waals surface area (Å²) in [4.78, 5) is 30.6. The quantitative estimate of drug-likeness (QED) is 0.213. The first-order valence-corrected chi connectivity index (χ1v) is 12.4. The van der Waals surface area contributed by atoms with Crippen LogP contribution in [0, 0.1) is 22.6 Å². The van der Waals surface area contributed by atoms with Gasteiger partial charge in [0.1, 0.15) is 22.5 Å². The van der Waals surface area contributed by atoms with Crippen LogP contribution < -0.4 is 10.1 Å². The Morgan fingerprint density at radius 3 is 2.50 bits per heavy atom. The summed E-state index contributed by atoms with van der Waals surface area (Å²) in [6, 6.07) is 14.7. The minimum absolute atomic E-state index is 0.108. The van der Waals surface area contributed by atoms with E-state index in [1.54, 1.807) is 24.3 Å². The van der Waals surface area contributed by atoms with Gasteiger partial charge in [0.25, 0.3) is 5.91 Å². The zero-order chi connectivity index (χ0) is 27.0. The first-order valence-electron chi connectivity index (χ1n) is 12.0. The molecule has 38 heavy (non-hydrogen) atoms. The Bertz CT molecular complexity index is 1620. The van der Waals surface area contributed by atoms with Crippen molar-refractivity contribution in [3.05, 3.63) is 70.6 Å². The van der Waals surface area contributed by atoms with Crippen LogP contribution in [0.5, 0.6) is 5.75 Å². The average Bonchev–Trinajstić information content (AvgIpc) is 3.27. The Morgan fingerprint density at radius 2 is 1.89 bits per heavy atom. The van der Waals surface area contributed by atoms with Crippen molar-refractivity contribution in [1.82, 2.24) is 10.3 Å². The number of Topliss-reactive ketones (excluding diaryl/α,β-unsaturated/α-hetero) is 1. The van der Waals surface area contributed by atoms with Crippen LogP contribution in [-0.4, -0.2) is 30.8 Å². The molecule has 0 spiro atoms. The van der Waals surface area contributed by atoms with E-state index in [1.165, 1.54) is 38.4 Å². The van der Waals surface area contributed by atoms with Gasteiger partial charge in [0.05, 0.1) is 35.1 Å². The monoisotopic (exact) mass is 531 g/mol. The molecule has 0 bridgehead atoms. The first-order chi connectivity index (χ1) is 18.3. The van der Waals surface area contributed by atoms with Gasteiger partial charge in [-0.2, -0.15) is 5.26 Å². The highest BCUT2D eigenvalue weighted by molar-refractivity contribution is 6.33. The number of aromatic nitrogens is 1. The van der Waals surface area contributed by atoms with E-state index in [2.05, 4.69) is 16.4 Å². The molecule has 7 nitrogen and oxygen atoms in total. The molecule has 0 radical (unpaired) electrons. The number of methoxy groups -OCH3 is 1. The summed E-state index contributed by atoms with van der Waals surface area (Å²) in [5, 5.41) is 12.7. The second kappa shape index (κ2) is 9.92. The third-order valence-electron chi connectivity index (χ3n) is 7.05. The molecule has 1 amide bonds. The second-order valence-corrected chi connectivity index (χ2v) is 9.69. The number of amides is 1. The molecule has 5 rings (SSSR count). The van der Waals surface area contributed by atoms with E-state index in [4.69, 9.17) is 20.8 Å². The first kappa shape index (κ1) is 25.4. The van der Waals surface area contributed by atoms with Crippen molar-refractivity contribution in [1.29, 1.82) is 5.26 Å². The maximum atomic E-state index is 13.5. The van der Waals surface area contributed by atoms with Crippen LogP contribution in [0.3, 0.4) is 0 Å². The topological polar surface area (TPSA) is 105 Å². The normalized spacial score (nSPS) is 14.0. The van der Waals surface area contributed by atoms with E-state index in [9.17, 15) is 19.2 Å². The predicted octanol–water partition coefficient (Wildman–Crippen LogP) is 6.59. The highest BCUT2D eigenvalue weighted by Gasteiger charge is 2.39. The molecule has 0 unspecified atom stereocenters. The number of halogens is 2. The number of rotatable bonds is 7. The van der Waals surface area contributed by atoms with Crippen LogP contribution in [0.25, 0.3) is 33.6 Å². The van der Waals surface area contributed by atoms with Gasteiger partial charge >= 0.3 is 0 Å². The van der Waals surface area contributed by atoms with Crippen LogP contribution in [0.4, 0.5) is 4.39 Å². The number of ether oxygens (including phenoxy) is 1. The van der Waals surface area contributed by atoms with E-state index in [-0.39, 0.29) is 34.4 Å². The number of carbonyl (C=O) groups is 2. The van der Waals surface area contributed by atoms with Crippen molar-refractivity contribution < 1.29 is 23.1 Å². The fourth-order valence-electron chi connectivity index (χ4n) is 4.79. The van der Waals surface area contributed by atoms with E-state index >= 15 is 0 Å². The lowest BCUT2D eigenvalue weighted by Gasteiger charge is -2.34. The molecule has 2 aromatic heterocycles. The number of furan rings is 1. The van der Waals surface area contributed by atoms with Gasteiger partial charge in [0.15, 0.2) is 5.78 Å². The molecule has 1 aliphatic carbocycles. The van der Waals surface area contributed by atoms with Crippen LogP contribution in [-0.2, 0) is 0 Å². The Kier molecular flexibility index (Phi) is 6.64. The third kappa shape index (κ3) is 4.39. The molecule has 0 aliphatic heterocycles. The van der Waals surface area contributed by atoms with Gasteiger partial charge < -0.3 is 14.5 Å². The molecule has 1 saturated carbocycles. The summed E-state index contributed by atoms with van der Waals surface area (Å²) in [6.45, 7) is 0. The van der Waals surface area contributed by atoms with Crippen molar-refractivity contribution >= 4 is 34.4 Å². The van der Waals surface area contributed by atoms with Gasteiger partial charge in [-0.25, -0.2) is 9.37 Å². The second-order valence-electron chi connectivity index (χ2n) is 9.33. The summed E-state index contributed by atoms with van der Waals surface area (Å²) in [6.07, 6.45) is 2.43. The maximum absolute atomic E-state index is 13.5. The SMILES string of the molecule is CNC(=O)c1c(-c2ccc(F)cc2)oc2nc(Cl)c(-c3ccc(OC)c(C(=O)CC4(C#N)CCC4)c3)cc12. The zero-order valence-electron chi connectivity index (χ0n) is 20.7. The number of nitrogens with one attached hydrogen (secondary N) is 1. The van der Waals surface area contributed by atoms with Gasteiger partial charge in [0.2, 0.25) is 5.71 Å². The fourth-order valence-corrected chi connectivity index (χ4v) is 5.03. The summed E-state index contributed by atoms with van der Waals surface area (Å²) in [5.41, 5.74) is 1.64. The lowest BCUT2D eigenvalue weighted by Crippen LogP contribution is -2.30. The molecule has 0 atom stereocenters. The van der Waals surface area contributed by atoms with Crippen molar-refractivity contribution in [2.45, 2.75) is 25.7 Å². The van der Waals surface area contributed by atoms with Crippen molar-refractivity contribution in [3.8, 4) is 34.3 Å². The number of carbonyl (C=O) groups excluding carboxylic acids is 2. The Balaban J connectivity index is 1.63. The number of hydrogen-bond acceptors (Lipinski definition) is 6. The standard InChI is InChI=1S/C29H23ClFN3O4/c1-33-27(36)24-21-13-19(26(30)34-28(21)38-25(24)16-4-7-18(31)8-5-16)17-6-9-23(37-2)20(12-17)22(35)14-29(15-32)10-3-11-29/h4-9,12-13H,3,10-11,14H2,1-2H3,(H,33,36).